The van der Waals surface area contributed by atoms with Crippen molar-refractivity contribution in [2.45, 2.75) is 39.0 Å². The zero-order valence-corrected chi connectivity index (χ0v) is 10.2. The molecule has 0 heterocycles. The van der Waals surface area contributed by atoms with E-state index in [4.69, 9.17) is 5.11 Å². The molecule has 16 heavy (non-hydrogen) atoms. The van der Waals surface area contributed by atoms with Crippen molar-refractivity contribution in [2.75, 3.05) is 6.61 Å². The van der Waals surface area contributed by atoms with Gasteiger partial charge in [0, 0.05) is 0 Å². The monoisotopic (exact) mass is 218 g/mol. The van der Waals surface area contributed by atoms with Crippen molar-refractivity contribution in [2.24, 2.45) is 0 Å². The highest BCUT2D eigenvalue weighted by Crippen LogP contribution is 2.15. The fraction of sp³-hybridized carbons (Fsp3) is 0.467. The van der Waals surface area contributed by atoms with E-state index in [1.807, 2.05) is 12.1 Å². The average molecular weight is 218 g/mol. The van der Waals surface area contributed by atoms with Gasteiger partial charge in [0.25, 0.3) is 0 Å². The van der Waals surface area contributed by atoms with Gasteiger partial charge in [-0.05, 0) is 31.2 Å². The molecule has 0 unspecified atom stereocenters. The lowest BCUT2D eigenvalue weighted by Crippen LogP contribution is -1.92. The second-order valence-corrected chi connectivity index (χ2v) is 4.13. The Morgan fingerprint density at radius 3 is 2.56 bits per heavy atom. The summed E-state index contributed by atoms with van der Waals surface area (Å²) in [5, 5.41) is 8.96. The molecule has 0 fully saturated rings. The Bertz CT molecular complexity index is 300. The maximum Gasteiger partial charge on any atom is 0.0615 e. The smallest absolute Gasteiger partial charge is 0.0615 e. The van der Waals surface area contributed by atoms with Crippen LogP contribution in [0.1, 0.15) is 38.2 Å². The van der Waals surface area contributed by atoms with Crippen LogP contribution < -0.4 is 0 Å². The summed E-state index contributed by atoms with van der Waals surface area (Å²) in [7, 11) is 0. The topological polar surface area (TPSA) is 20.2 Å². The van der Waals surface area contributed by atoms with E-state index < -0.39 is 0 Å². The highest BCUT2D eigenvalue weighted by atomic mass is 16.2. The molecule has 1 N–H and O–H groups in total. The quantitative estimate of drug-likeness (QED) is 0.691. The first kappa shape index (κ1) is 13.0. The maximum atomic E-state index is 8.96. The van der Waals surface area contributed by atoms with Crippen molar-refractivity contribution >= 4 is 0 Å². The third-order valence-corrected chi connectivity index (χ3v) is 2.81. The Morgan fingerprint density at radius 1 is 1.19 bits per heavy atom. The number of allylic oxidation sites excluding steroid dienone is 1. The van der Waals surface area contributed by atoms with E-state index in [9.17, 15) is 0 Å². The van der Waals surface area contributed by atoms with E-state index in [1.165, 1.54) is 24.0 Å². The van der Waals surface area contributed by atoms with Crippen molar-refractivity contribution in [1.29, 1.82) is 0 Å². The number of rotatable bonds is 7. The largest absolute Gasteiger partial charge is 0.392 e. The van der Waals surface area contributed by atoms with Crippen LogP contribution >= 0.6 is 0 Å². The van der Waals surface area contributed by atoms with Gasteiger partial charge in [0.05, 0.1) is 6.61 Å². The van der Waals surface area contributed by atoms with Crippen molar-refractivity contribution in [3.8, 4) is 0 Å². The van der Waals surface area contributed by atoms with Crippen molar-refractivity contribution in [3.05, 3.63) is 47.5 Å². The lowest BCUT2D eigenvalue weighted by Gasteiger charge is -2.06. The van der Waals surface area contributed by atoms with E-state index >= 15 is 0 Å². The summed E-state index contributed by atoms with van der Waals surface area (Å²) in [6.07, 6.45) is 7.69. The number of benzene rings is 1. The molecule has 0 bridgehead atoms. The number of hydrogen-bond donors (Lipinski definition) is 1. The summed E-state index contributed by atoms with van der Waals surface area (Å²) in [4.78, 5) is 0. The molecule has 0 aliphatic heterocycles. The highest BCUT2D eigenvalue weighted by molar-refractivity contribution is 5.16. The SMILES string of the molecule is CCCC/C(=C\CO)CCc1ccccc1. The van der Waals surface area contributed by atoms with Gasteiger partial charge in [-0.15, -0.1) is 0 Å². The molecular formula is C15H22O. The zero-order valence-electron chi connectivity index (χ0n) is 10.2. The summed E-state index contributed by atoms with van der Waals surface area (Å²) in [6, 6.07) is 10.5. The molecule has 0 radical (unpaired) electrons. The molecule has 1 rings (SSSR count). The van der Waals surface area contributed by atoms with Gasteiger partial charge < -0.3 is 5.11 Å². The van der Waals surface area contributed by atoms with Crippen LogP contribution in [0.2, 0.25) is 0 Å². The first-order valence-corrected chi connectivity index (χ1v) is 6.19. The molecule has 1 aromatic rings. The average Bonchev–Trinajstić information content (AvgIpc) is 2.34. The van der Waals surface area contributed by atoms with Crippen LogP contribution in [-0.4, -0.2) is 11.7 Å². The lowest BCUT2D eigenvalue weighted by molar-refractivity contribution is 0.341. The Morgan fingerprint density at radius 2 is 1.94 bits per heavy atom. The molecule has 1 heteroatoms. The van der Waals surface area contributed by atoms with Crippen LogP contribution in [0.4, 0.5) is 0 Å². The number of hydrogen-bond acceptors (Lipinski definition) is 1. The molecule has 0 aliphatic carbocycles. The molecule has 0 spiro atoms. The summed E-state index contributed by atoms with van der Waals surface area (Å²) in [6.45, 7) is 2.38. The Balaban J connectivity index is 2.41. The van der Waals surface area contributed by atoms with Gasteiger partial charge in [-0.25, -0.2) is 0 Å². The first-order valence-electron chi connectivity index (χ1n) is 6.19. The van der Waals surface area contributed by atoms with Crippen LogP contribution in [0.15, 0.2) is 42.0 Å². The van der Waals surface area contributed by atoms with Gasteiger partial charge in [-0.1, -0.05) is 55.3 Å². The Labute approximate surface area is 98.8 Å². The van der Waals surface area contributed by atoms with Crippen LogP contribution in [-0.2, 0) is 6.42 Å². The number of aliphatic hydroxyl groups excluding tert-OH is 1. The molecule has 0 amide bonds. The molecule has 0 aliphatic rings. The van der Waals surface area contributed by atoms with Crippen LogP contribution in [0.3, 0.4) is 0 Å². The molecule has 1 nitrogen and oxygen atoms in total. The van der Waals surface area contributed by atoms with Crippen molar-refractivity contribution in [3.63, 3.8) is 0 Å². The van der Waals surface area contributed by atoms with E-state index in [2.05, 4.69) is 31.2 Å². The second kappa shape index (κ2) is 8.12. The predicted molar refractivity (Wildman–Crippen MR) is 69.5 cm³/mol. The minimum Gasteiger partial charge on any atom is -0.392 e. The minimum atomic E-state index is 0.174. The molecule has 1 aromatic carbocycles. The summed E-state index contributed by atoms with van der Waals surface area (Å²) in [5.74, 6) is 0. The van der Waals surface area contributed by atoms with Gasteiger partial charge in [-0.3, -0.25) is 0 Å². The molecule has 88 valence electrons. The van der Waals surface area contributed by atoms with Gasteiger partial charge in [0.15, 0.2) is 0 Å². The van der Waals surface area contributed by atoms with Crippen LogP contribution in [0.5, 0.6) is 0 Å². The highest BCUT2D eigenvalue weighted by Gasteiger charge is 1.98. The van der Waals surface area contributed by atoms with Crippen molar-refractivity contribution < 1.29 is 5.11 Å². The Hall–Kier alpha value is -1.08. The van der Waals surface area contributed by atoms with Gasteiger partial charge in [0.1, 0.15) is 0 Å². The molecule has 0 saturated carbocycles. The summed E-state index contributed by atoms with van der Waals surface area (Å²) >= 11 is 0. The lowest BCUT2D eigenvalue weighted by atomic mass is 10.00. The van der Waals surface area contributed by atoms with E-state index in [0.717, 1.165) is 19.3 Å². The summed E-state index contributed by atoms with van der Waals surface area (Å²) < 4.78 is 0. The number of aryl methyl sites for hydroxylation is 1. The fourth-order valence-electron chi connectivity index (χ4n) is 1.81. The molecule has 0 aromatic heterocycles. The van der Waals surface area contributed by atoms with Crippen LogP contribution in [0, 0.1) is 0 Å². The van der Waals surface area contributed by atoms with Gasteiger partial charge in [-0.2, -0.15) is 0 Å². The molecular weight excluding hydrogens is 196 g/mol. The second-order valence-electron chi connectivity index (χ2n) is 4.13. The third kappa shape index (κ3) is 5.13. The minimum absolute atomic E-state index is 0.174. The fourth-order valence-corrected chi connectivity index (χ4v) is 1.81. The van der Waals surface area contributed by atoms with E-state index in [1.54, 1.807) is 0 Å². The number of unbranched alkanes of at least 4 members (excludes halogenated alkanes) is 1. The van der Waals surface area contributed by atoms with Crippen molar-refractivity contribution in [1.82, 2.24) is 0 Å². The predicted octanol–water partition coefficient (Wildman–Crippen LogP) is 3.73. The Kier molecular flexibility index (Phi) is 6.59. The molecule has 0 saturated heterocycles. The zero-order chi connectivity index (χ0) is 11.6. The third-order valence-electron chi connectivity index (χ3n) is 2.81. The standard InChI is InChI=1S/C15H22O/c1-2-3-7-15(12-13-16)11-10-14-8-5-4-6-9-14/h4-6,8-9,12,16H,2-3,7,10-11,13H2,1H3/b15-12+. The van der Waals surface area contributed by atoms with Gasteiger partial charge in [0.2, 0.25) is 0 Å². The maximum absolute atomic E-state index is 8.96. The normalized spacial score (nSPS) is 11.8. The first-order chi connectivity index (χ1) is 7.86. The van der Waals surface area contributed by atoms with Gasteiger partial charge >= 0.3 is 0 Å². The van der Waals surface area contributed by atoms with Crippen LogP contribution in [0.25, 0.3) is 0 Å². The number of aliphatic hydroxyl groups is 1. The van der Waals surface area contributed by atoms with E-state index in [0.29, 0.717) is 0 Å². The molecule has 0 atom stereocenters. The van der Waals surface area contributed by atoms with E-state index in [-0.39, 0.29) is 6.61 Å². The summed E-state index contributed by atoms with van der Waals surface area (Å²) in [5.41, 5.74) is 2.77.